The first-order chi connectivity index (χ1) is 10.3. The van der Waals surface area contributed by atoms with E-state index in [0.29, 0.717) is 32.2 Å². The van der Waals surface area contributed by atoms with Gasteiger partial charge in [0, 0.05) is 26.2 Å². The summed E-state index contributed by atoms with van der Waals surface area (Å²) in [5.74, 6) is -2.36. The highest BCUT2D eigenvalue weighted by Gasteiger charge is 2.34. The third kappa shape index (κ3) is 6.19. The van der Waals surface area contributed by atoms with Gasteiger partial charge in [0.25, 0.3) is 6.43 Å². The van der Waals surface area contributed by atoms with E-state index in [2.05, 4.69) is 10.1 Å². The van der Waals surface area contributed by atoms with E-state index in [4.69, 9.17) is 0 Å². The summed E-state index contributed by atoms with van der Waals surface area (Å²) in [7, 11) is 0. The second kappa shape index (κ2) is 9.55. The lowest BCUT2D eigenvalue weighted by atomic mass is 10.0. The molecule has 0 radical (unpaired) electrons. The van der Waals surface area contributed by atoms with Crippen molar-refractivity contribution in [2.45, 2.75) is 18.8 Å². The van der Waals surface area contributed by atoms with Crippen LogP contribution in [0.25, 0.3) is 0 Å². The minimum atomic E-state index is -5.04. The molecule has 0 saturated carbocycles. The lowest BCUT2D eigenvalue weighted by Crippen LogP contribution is -2.46. The maximum absolute atomic E-state index is 13.7. The van der Waals surface area contributed by atoms with E-state index in [1.807, 2.05) is 0 Å². The number of hydrogen-bond acceptors (Lipinski definition) is 3. The van der Waals surface area contributed by atoms with Gasteiger partial charge in [-0.3, -0.25) is 4.90 Å². The van der Waals surface area contributed by atoms with Gasteiger partial charge in [0.1, 0.15) is 0 Å². The third-order valence-electron chi connectivity index (χ3n) is 3.31. The summed E-state index contributed by atoms with van der Waals surface area (Å²) in [6.07, 6.45) is -7.82. The van der Waals surface area contributed by atoms with Crippen LogP contribution in [0.2, 0.25) is 0 Å². The van der Waals surface area contributed by atoms with Gasteiger partial charge in [0.05, 0.1) is 6.04 Å². The highest BCUT2D eigenvalue weighted by atomic mass is 35.5. The van der Waals surface area contributed by atoms with Gasteiger partial charge >= 0.3 is 6.36 Å². The molecular weight excluding hydrogens is 385 g/mol. The molecule has 1 heterocycles. The molecule has 0 spiro atoms. The quantitative estimate of drug-likeness (QED) is 0.778. The number of hydrogen-bond donors (Lipinski definition) is 1. The molecule has 24 heavy (non-hydrogen) atoms. The Hall–Kier alpha value is -0.900. The first kappa shape index (κ1) is 23.1. The number of rotatable bonds is 4. The molecule has 1 aromatic rings. The molecule has 0 unspecified atom stereocenters. The minimum absolute atomic E-state index is 0. The second-order valence-corrected chi connectivity index (χ2v) is 4.80. The summed E-state index contributed by atoms with van der Waals surface area (Å²) in [6.45, 7) is 1.72. The number of piperazine rings is 1. The number of halogens is 8. The Bertz CT molecular complexity index is 512. The van der Waals surface area contributed by atoms with Crippen molar-refractivity contribution in [3.8, 4) is 5.75 Å². The van der Waals surface area contributed by atoms with Crippen molar-refractivity contribution < 1.29 is 31.1 Å². The summed E-state index contributed by atoms with van der Waals surface area (Å²) in [5, 5.41) is 3.00. The van der Waals surface area contributed by atoms with Crippen molar-refractivity contribution in [2.24, 2.45) is 0 Å². The van der Waals surface area contributed by atoms with Crippen LogP contribution < -0.4 is 10.1 Å². The fourth-order valence-electron chi connectivity index (χ4n) is 2.38. The fourth-order valence-corrected chi connectivity index (χ4v) is 2.38. The standard InChI is InChI=1S/C13H14F6N2O.2ClH/c14-9-7-8(1-2-10(9)22-13(17,18)19)11(12(15)16)21-5-3-20-4-6-21;;/h1-2,7,11-12,20H,3-6H2;2*1H/t11-;;/m0../s1. The smallest absolute Gasteiger partial charge is 0.403 e. The second-order valence-electron chi connectivity index (χ2n) is 4.80. The SMILES string of the molecule is Cl.Cl.Fc1cc([C@@H](C(F)F)N2CCNCC2)ccc1OC(F)(F)F. The fraction of sp³-hybridized carbons (Fsp3) is 0.538. The minimum Gasteiger partial charge on any atom is -0.403 e. The van der Waals surface area contributed by atoms with E-state index in [0.717, 1.165) is 12.1 Å². The Morgan fingerprint density at radius 2 is 1.67 bits per heavy atom. The predicted molar refractivity (Wildman–Crippen MR) is 80.8 cm³/mol. The van der Waals surface area contributed by atoms with Crippen molar-refractivity contribution in [1.29, 1.82) is 0 Å². The van der Waals surface area contributed by atoms with Gasteiger partial charge in [-0.2, -0.15) is 0 Å². The topological polar surface area (TPSA) is 24.5 Å². The van der Waals surface area contributed by atoms with Crippen LogP contribution in [0.3, 0.4) is 0 Å². The molecule has 2 rings (SSSR count). The molecule has 1 N–H and O–H groups in total. The monoisotopic (exact) mass is 400 g/mol. The van der Waals surface area contributed by atoms with Crippen molar-refractivity contribution in [2.75, 3.05) is 26.2 Å². The van der Waals surface area contributed by atoms with Crippen LogP contribution in [0.1, 0.15) is 11.6 Å². The van der Waals surface area contributed by atoms with Crippen LogP contribution in [-0.2, 0) is 0 Å². The molecule has 1 aliphatic rings. The maximum Gasteiger partial charge on any atom is 0.573 e. The normalized spacial score (nSPS) is 17.0. The molecule has 11 heteroatoms. The zero-order valence-corrected chi connectivity index (χ0v) is 13.8. The summed E-state index contributed by atoms with van der Waals surface area (Å²) >= 11 is 0. The Morgan fingerprint density at radius 3 is 2.12 bits per heavy atom. The summed E-state index contributed by atoms with van der Waals surface area (Å²) < 4.78 is 79.9. The Balaban J connectivity index is 0.00000264. The molecule has 1 saturated heterocycles. The van der Waals surface area contributed by atoms with Crippen molar-refractivity contribution in [1.82, 2.24) is 10.2 Å². The molecular formula is C13H16Cl2F6N2O. The lowest BCUT2D eigenvalue weighted by molar-refractivity contribution is -0.275. The summed E-state index contributed by atoms with van der Waals surface area (Å²) in [4.78, 5) is 1.47. The van der Waals surface area contributed by atoms with E-state index in [1.54, 1.807) is 0 Å². The van der Waals surface area contributed by atoms with Gasteiger partial charge in [-0.1, -0.05) is 6.07 Å². The highest BCUT2D eigenvalue weighted by molar-refractivity contribution is 5.85. The maximum atomic E-state index is 13.7. The van der Waals surface area contributed by atoms with Gasteiger partial charge in [-0.15, -0.1) is 38.0 Å². The molecule has 1 aromatic carbocycles. The zero-order chi connectivity index (χ0) is 16.3. The van der Waals surface area contributed by atoms with E-state index in [-0.39, 0.29) is 30.4 Å². The summed E-state index contributed by atoms with van der Waals surface area (Å²) in [6, 6.07) is 1.05. The number of nitrogens with zero attached hydrogens (tertiary/aromatic N) is 1. The van der Waals surface area contributed by atoms with E-state index >= 15 is 0 Å². The number of alkyl halides is 5. The Kier molecular flexibility index (Phi) is 9.19. The molecule has 1 aliphatic heterocycles. The van der Waals surface area contributed by atoms with Crippen LogP contribution in [0.15, 0.2) is 18.2 Å². The van der Waals surface area contributed by atoms with Gasteiger partial charge in [-0.25, -0.2) is 13.2 Å². The number of ether oxygens (including phenoxy) is 1. The van der Waals surface area contributed by atoms with Crippen LogP contribution in [-0.4, -0.2) is 43.9 Å². The number of benzene rings is 1. The van der Waals surface area contributed by atoms with Gasteiger partial charge in [0.15, 0.2) is 11.6 Å². The van der Waals surface area contributed by atoms with Crippen molar-refractivity contribution in [3.05, 3.63) is 29.6 Å². The predicted octanol–water partition coefficient (Wildman–Crippen LogP) is 3.78. The molecule has 0 aliphatic carbocycles. The lowest BCUT2D eigenvalue weighted by Gasteiger charge is -2.34. The number of nitrogens with one attached hydrogen (secondary N) is 1. The van der Waals surface area contributed by atoms with Crippen molar-refractivity contribution >= 4 is 24.8 Å². The first-order valence-corrected chi connectivity index (χ1v) is 6.56. The first-order valence-electron chi connectivity index (χ1n) is 6.56. The highest BCUT2D eigenvalue weighted by Crippen LogP contribution is 2.32. The summed E-state index contributed by atoms with van der Waals surface area (Å²) in [5.41, 5.74) is -0.0797. The molecule has 0 bridgehead atoms. The van der Waals surface area contributed by atoms with Crippen LogP contribution in [0.5, 0.6) is 5.75 Å². The van der Waals surface area contributed by atoms with E-state index < -0.39 is 30.4 Å². The molecule has 0 amide bonds. The van der Waals surface area contributed by atoms with Crippen LogP contribution in [0, 0.1) is 5.82 Å². The van der Waals surface area contributed by atoms with Crippen LogP contribution >= 0.6 is 24.8 Å². The zero-order valence-electron chi connectivity index (χ0n) is 12.2. The molecule has 1 atom stereocenters. The molecule has 1 fully saturated rings. The van der Waals surface area contributed by atoms with Crippen LogP contribution in [0.4, 0.5) is 26.3 Å². The Morgan fingerprint density at radius 1 is 1.08 bits per heavy atom. The average Bonchev–Trinajstić information content (AvgIpc) is 2.41. The molecule has 3 nitrogen and oxygen atoms in total. The average molecular weight is 401 g/mol. The Labute approximate surface area is 147 Å². The van der Waals surface area contributed by atoms with E-state index in [1.165, 1.54) is 4.90 Å². The largest absolute Gasteiger partial charge is 0.573 e. The van der Waals surface area contributed by atoms with Gasteiger partial charge in [-0.05, 0) is 17.7 Å². The molecule has 140 valence electrons. The van der Waals surface area contributed by atoms with Gasteiger partial charge < -0.3 is 10.1 Å². The van der Waals surface area contributed by atoms with E-state index in [9.17, 15) is 26.3 Å². The van der Waals surface area contributed by atoms with Crippen molar-refractivity contribution in [3.63, 3.8) is 0 Å². The molecule has 0 aromatic heterocycles. The third-order valence-corrected chi connectivity index (χ3v) is 3.31. The van der Waals surface area contributed by atoms with Gasteiger partial charge in [0.2, 0.25) is 0 Å².